The molecule has 2 amide bonds. The van der Waals surface area contributed by atoms with Crippen LogP contribution in [-0.2, 0) is 11.2 Å². The Kier molecular flexibility index (Phi) is 5.08. The van der Waals surface area contributed by atoms with Crippen molar-refractivity contribution < 1.29 is 18.7 Å². The fourth-order valence-electron chi connectivity index (χ4n) is 3.65. The lowest BCUT2D eigenvalue weighted by Gasteiger charge is -2.28. The number of hydrogen-bond donors (Lipinski definition) is 2. The minimum absolute atomic E-state index is 0.0416. The molecule has 0 spiro atoms. The lowest BCUT2D eigenvalue weighted by Crippen LogP contribution is -2.47. The minimum Gasteiger partial charge on any atom is -0.496 e. The first-order valence-corrected chi connectivity index (χ1v) is 9.61. The molecular formula is C21H23FN4O3. The third-order valence-corrected chi connectivity index (χ3v) is 5.38. The van der Waals surface area contributed by atoms with Crippen LogP contribution in [0, 0.1) is 5.82 Å². The molecule has 1 saturated carbocycles. The SMILES string of the molecule is COc1ccc(F)cc1CC1(NC(=O)c2cc(N3CCNC(=O)C3)ccn2)CC1. The number of nitrogens with zero attached hydrogens (tertiary/aromatic N) is 2. The van der Waals surface area contributed by atoms with Gasteiger partial charge < -0.3 is 20.3 Å². The quantitative estimate of drug-likeness (QED) is 0.774. The lowest BCUT2D eigenvalue weighted by atomic mass is 10.0. The summed E-state index contributed by atoms with van der Waals surface area (Å²) in [5.74, 6) is -0.0421. The van der Waals surface area contributed by atoms with Gasteiger partial charge in [0.2, 0.25) is 5.91 Å². The van der Waals surface area contributed by atoms with E-state index in [1.54, 1.807) is 31.5 Å². The number of piperazine rings is 1. The molecule has 0 unspecified atom stereocenters. The van der Waals surface area contributed by atoms with Crippen LogP contribution in [0.5, 0.6) is 5.75 Å². The number of carbonyl (C=O) groups excluding carboxylic acids is 2. The highest BCUT2D eigenvalue weighted by Crippen LogP contribution is 2.40. The molecule has 2 aliphatic rings. The van der Waals surface area contributed by atoms with E-state index in [1.807, 2.05) is 4.90 Å². The van der Waals surface area contributed by atoms with E-state index < -0.39 is 5.54 Å². The Morgan fingerprint density at radius 2 is 2.17 bits per heavy atom. The maximum atomic E-state index is 13.7. The van der Waals surface area contributed by atoms with Crippen LogP contribution in [-0.4, -0.2) is 49.1 Å². The summed E-state index contributed by atoms with van der Waals surface area (Å²) in [4.78, 5) is 30.6. The van der Waals surface area contributed by atoms with Crippen molar-refractivity contribution in [2.24, 2.45) is 0 Å². The van der Waals surface area contributed by atoms with Gasteiger partial charge in [0.1, 0.15) is 17.3 Å². The second kappa shape index (κ2) is 7.69. The molecule has 2 N–H and O–H groups in total. The zero-order valence-electron chi connectivity index (χ0n) is 16.2. The number of rotatable bonds is 6. The molecule has 1 saturated heterocycles. The van der Waals surface area contributed by atoms with E-state index in [0.717, 1.165) is 24.1 Å². The Labute approximate surface area is 168 Å². The number of amides is 2. The van der Waals surface area contributed by atoms with Crippen LogP contribution in [0.2, 0.25) is 0 Å². The normalized spacial score (nSPS) is 17.4. The summed E-state index contributed by atoms with van der Waals surface area (Å²) in [6.07, 6.45) is 3.69. The van der Waals surface area contributed by atoms with Crippen LogP contribution in [0.1, 0.15) is 28.9 Å². The molecular weight excluding hydrogens is 375 g/mol. The van der Waals surface area contributed by atoms with Crippen LogP contribution in [0.4, 0.5) is 10.1 Å². The number of nitrogens with one attached hydrogen (secondary N) is 2. The highest BCUT2D eigenvalue weighted by atomic mass is 19.1. The average Bonchev–Trinajstić information content (AvgIpc) is 3.47. The van der Waals surface area contributed by atoms with E-state index in [4.69, 9.17) is 4.74 Å². The van der Waals surface area contributed by atoms with Crippen molar-refractivity contribution in [3.8, 4) is 5.75 Å². The number of halogens is 1. The van der Waals surface area contributed by atoms with Gasteiger partial charge in [-0.3, -0.25) is 14.6 Å². The van der Waals surface area contributed by atoms with E-state index >= 15 is 0 Å². The summed E-state index contributed by atoms with van der Waals surface area (Å²) in [7, 11) is 1.55. The topological polar surface area (TPSA) is 83.6 Å². The Morgan fingerprint density at radius 3 is 2.90 bits per heavy atom. The van der Waals surface area contributed by atoms with E-state index in [9.17, 15) is 14.0 Å². The number of aromatic nitrogens is 1. The first-order valence-electron chi connectivity index (χ1n) is 9.61. The fraction of sp³-hybridized carbons (Fsp3) is 0.381. The maximum absolute atomic E-state index is 13.7. The van der Waals surface area contributed by atoms with Crippen LogP contribution >= 0.6 is 0 Å². The van der Waals surface area contributed by atoms with Crippen molar-refractivity contribution in [1.29, 1.82) is 0 Å². The Morgan fingerprint density at radius 1 is 1.34 bits per heavy atom. The molecule has 2 fully saturated rings. The smallest absolute Gasteiger partial charge is 0.270 e. The molecule has 0 bridgehead atoms. The zero-order valence-corrected chi connectivity index (χ0v) is 16.2. The largest absolute Gasteiger partial charge is 0.496 e. The van der Waals surface area contributed by atoms with Crippen LogP contribution < -0.4 is 20.3 Å². The van der Waals surface area contributed by atoms with Gasteiger partial charge in [0.05, 0.1) is 13.7 Å². The number of methoxy groups -OCH3 is 1. The summed E-state index contributed by atoms with van der Waals surface area (Å²) in [5.41, 5.74) is 1.40. The molecule has 7 nitrogen and oxygen atoms in total. The monoisotopic (exact) mass is 398 g/mol. The van der Waals surface area contributed by atoms with Crippen molar-refractivity contribution >= 4 is 17.5 Å². The predicted octanol–water partition coefficient (Wildman–Crippen LogP) is 1.67. The van der Waals surface area contributed by atoms with E-state index in [0.29, 0.717) is 31.0 Å². The summed E-state index contributed by atoms with van der Waals surface area (Å²) < 4.78 is 19.0. The van der Waals surface area contributed by atoms with Crippen LogP contribution in [0.3, 0.4) is 0 Å². The number of pyridine rings is 1. The molecule has 29 heavy (non-hydrogen) atoms. The number of hydrogen-bond acceptors (Lipinski definition) is 5. The van der Waals surface area contributed by atoms with E-state index in [1.165, 1.54) is 12.1 Å². The molecule has 1 aliphatic heterocycles. The van der Waals surface area contributed by atoms with Gasteiger partial charge in [-0.25, -0.2) is 4.39 Å². The van der Waals surface area contributed by atoms with Gasteiger partial charge >= 0.3 is 0 Å². The van der Waals surface area contributed by atoms with Gasteiger partial charge in [-0.05, 0) is 55.2 Å². The summed E-state index contributed by atoms with van der Waals surface area (Å²) in [6.45, 7) is 1.51. The van der Waals surface area contributed by atoms with Crippen molar-refractivity contribution in [2.45, 2.75) is 24.8 Å². The van der Waals surface area contributed by atoms with Crippen LogP contribution in [0.15, 0.2) is 36.5 Å². The number of ether oxygens (including phenoxy) is 1. The summed E-state index contributed by atoms with van der Waals surface area (Å²) >= 11 is 0. The molecule has 8 heteroatoms. The second-order valence-electron chi connectivity index (χ2n) is 7.54. The van der Waals surface area contributed by atoms with Crippen molar-refractivity contribution in [1.82, 2.24) is 15.6 Å². The number of benzene rings is 1. The molecule has 2 aromatic rings. The highest BCUT2D eigenvalue weighted by Gasteiger charge is 2.45. The third-order valence-electron chi connectivity index (χ3n) is 5.38. The van der Waals surface area contributed by atoms with Crippen molar-refractivity contribution in [2.75, 3.05) is 31.6 Å². The highest BCUT2D eigenvalue weighted by molar-refractivity contribution is 5.94. The fourth-order valence-corrected chi connectivity index (χ4v) is 3.65. The molecule has 152 valence electrons. The predicted molar refractivity (Wildman–Crippen MR) is 106 cm³/mol. The number of anilines is 1. The molecule has 0 atom stereocenters. The molecule has 4 rings (SSSR count). The molecule has 2 heterocycles. The van der Waals surface area contributed by atoms with E-state index in [2.05, 4.69) is 15.6 Å². The van der Waals surface area contributed by atoms with Gasteiger partial charge in [0, 0.05) is 30.5 Å². The zero-order chi connectivity index (χ0) is 20.4. The van der Waals surface area contributed by atoms with Gasteiger partial charge in [0.15, 0.2) is 0 Å². The molecule has 0 radical (unpaired) electrons. The van der Waals surface area contributed by atoms with Crippen molar-refractivity contribution in [3.05, 3.63) is 53.6 Å². The van der Waals surface area contributed by atoms with Gasteiger partial charge in [0.25, 0.3) is 5.91 Å². The number of carbonyl (C=O) groups is 2. The van der Waals surface area contributed by atoms with Crippen molar-refractivity contribution in [3.63, 3.8) is 0 Å². The average molecular weight is 398 g/mol. The summed E-state index contributed by atoms with van der Waals surface area (Å²) in [6, 6.07) is 7.90. The first-order chi connectivity index (χ1) is 14.0. The summed E-state index contributed by atoms with van der Waals surface area (Å²) in [5, 5.41) is 5.85. The van der Waals surface area contributed by atoms with Crippen LogP contribution in [0.25, 0.3) is 0 Å². The third kappa shape index (κ3) is 4.31. The molecule has 1 aromatic carbocycles. The van der Waals surface area contributed by atoms with Gasteiger partial charge in [-0.2, -0.15) is 0 Å². The standard InChI is InChI=1S/C21H23FN4O3/c1-29-18-3-2-15(22)10-14(18)12-21(5-6-21)25-20(28)17-11-16(4-7-23-17)26-9-8-24-19(27)13-26/h2-4,7,10-11H,5-6,8-9,12-13H2,1H3,(H,24,27)(H,25,28). The second-order valence-corrected chi connectivity index (χ2v) is 7.54. The minimum atomic E-state index is -0.416. The molecule has 1 aromatic heterocycles. The van der Waals surface area contributed by atoms with Gasteiger partial charge in [-0.1, -0.05) is 0 Å². The maximum Gasteiger partial charge on any atom is 0.270 e. The molecule has 1 aliphatic carbocycles. The lowest BCUT2D eigenvalue weighted by molar-refractivity contribution is -0.120. The first kappa shape index (κ1) is 19.2. The Balaban J connectivity index is 1.47. The van der Waals surface area contributed by atoms with E-state index in [-0.39, 0.29) is 24.2 Å². The Hall–Kier alpha value is -3.16. The Bertz CT molecular complexity index is 945. The van der Waals surface area contributed by atoms with Gasteiger partial charge in [-0.15, -0.1) is 0 Å².